The Morgan fingerprint density at radius 1 is 1.50 bits per heavy atom. The van der Waals surface area contributed by atoms with E-state index in [4.69, 9.17) is 0 Å². The summed E-state index contributed by atoms with van der Waals surface area (Å²) in [6, 6.07) is 1.51. The fourth-order valence-electron chi connectivity index (χ4n) is 1.69. The molecule has 0 atom stereocenters. The van der Waals surface area contributed by atoms with Gasteiger partial charge in [0.15, 0.2) is 0 Å². The van der Waals surface area contributed by atoms with Crippen molar-refractivity contribution in [2.45, 2.75) is 39.0 Å². The lowest BCUT2D eigenvalue weighted by Gasteiger charge is -2.25. The predicted octanol–water partition coefficient (Wildman–Crippen LogP) is 4.06. The monoisotopic (exact) mass is 259 g/mol. The summed E-state index contributed by atoms with van der Waals surface area (Å²) < 4.78 is 13.9. The van der Waals surface area contributed by atoms with E-state index in [1.54, 1.807) is 0 Å². The van der Waals surface area contributed by atoms with E-state index in [1.165, 1.54) is 12.3 Å². The Hall–Kier alpha value is -0.440. The van der Waals surface area contributed by atoms with Crippen LogP contribution in [0.4, 0.5) is 4.39 Å². The molecule has 0 saturated carbocycles. The van der Waals surface area contributed by atoms with Crippen molar-refractivity contribution >= 4 is 15.9 Å². The molecule has 1 aromatic rings. The second-order valence-electron chi connectivity index (χ2n) is 4.12. The van der Waals surface area contributed by atoms with Crippen LogP contribution < -0.4 is 0 Å². The highest BCUT2D eigenvalue weighted by Gasteiger charge is 2.22. The lowest BCUT2D eigenvalue weighted by atomic mass is 9.81. The summed E-state index contributed by atoms with van der Waals surface area (Å²) in [5.74, 6) is -0.410. The van der Waals surface area contributed by atoms with Gasteiger partial charge in [0.1, 0.15) is 0 Å². The van der Waals surface area contributed by atoms with Crippen molar-refractivity contribution in [2.75, 3.05) is 0 Å². The van der Waals surface area contributed by atoms with E-state index >= 15 is 0 Å². The molecule has 3 heteroatoms. The number of aromatic nitrogens is 1. The molecule has 78 valence electrons. The van der Waals surface area contributed by atoms with Gasteiger partial charge in [-0.25, -0.2) is 4.98 Å². The highest BCUT2D eigenvalue weighted by Crippen LogP contribution is 2.33. The third-order valence-electron chi connectivity index (χ3n) is 2.43. The molecule has 0 saturated heterocycles. The maximum Gasteiger partial charge on any atom is 0.213 e. The normalized spacial score (nSPS) is 11.8. The minimum atomic E-state index is -0.410. The van der Waals surface area contributed by atoms with Crippen molar-refractivity contribution < 1.29 is 4.39 Å². The van der Waals surface area contributed by atoms with E-state index in [2.05, 4.69) is 41.7 Å². The molecule has 0 fully saturated rings. The molecule has 0 N–H and O–H groups in total. The van der Waals surface area contributed by atoms with Gasteiger partial charge in [0.2, 0.25) is 5.95 Å². The molecular formula is C11H15BrFN. The Kier molecular flexibility index (Phi) is 3.65. The summed E-state index contributed by atoms with van der Waals surface area (Å²) in [6.45, 7) is 6.37. The minimum absolute atomic E-state index is 0.00262. The highest BCUT2D eigenvalue weighted by molar-refractivity contribution is 9.10. The van der Waals surface area contributed by atoms with Gasteiger partial charge in [-0.1, -0.05) is 27.2 Å². The maximum atomic E-state index is 13.0. The summed E-state index contributed by atoms with van der Waals surface area (Å²) in [5, 5.41) is 0. The molecular weight excluding hydrogens is 245 g/mol. The molecule has 0 bridgehead atoms. The standard InChI is InChI=1S/C11H15BrFN/c1-4-5-11(2,3)8-6-10(13)14-7-9(8)12/h6-7H,4-5H2,1-3H3. The Bertz CT molecular complexity index is 323. The molecule has 0 aliphatic rings. The molecule has 1 aromatic heterocycles. The van der Waals surface area contributed by atoms with Gasteiger partial charge in [-0.15, -0.1) is 0 Å². The van der Waals surface area contributed by atoms with Crippen LogP contribution in [0.5, 0.6) is 0 Å². The SMILES string of the molecule is CCCC(C)(C)c1cc(F)ncc1Br. The number of hydrogen-bond acceptors (Lipinski definition) is 1. The number of pyridine rings is 1. The number of nitrogens with zero attached hydrogens (tertiary/aromatic N) is 1. The maximum absolute atomic E-state index is 13.0. The predicted molar refractivity (Wildman–Crippen MR) is 59.8 cm³/mol. The van der Waals surface area contributed by atoms with Crippen molar-refractivity contribution in [1.29, 1.82) is 0 Å². The Labute approximate surface area is 92.9 Å². The van der Waals surface area contributed by atoms with Gasteiger partial charge < -0.3 is 0 Å². The fourth-order valence-corrected chi connectivity index (χ4v) is 2.45. The molecule has 0 amide bonds. The van der Waals surface area contributed by atoms with Gasteiger partial charge in [-0.2, -0.15) is 4.39 Å². The first-order valence-corrected chi connectivity index (χ1v) is 5.58. The second-order valence-corrected chi connectivity index (χ2v) is 4.98. The molecule has 14 heavy (non-hydrogen) atoms. The summed E-state index contributed by atoms with van der Waals surface area (Å²) in [6.07, 6.45) is 3.65. The molecule has 0 unspecified atom stereocenters. The van der Waals surface area contributed by atoms with E-state index in [0.29, 0.717) is 0 Å². The quantitative estimate of drug-likeness (QED) is 0.747. The number of halogens is 2. The number of rotatable bonds is 3. The van der Waals surface area contributed by atoms with Crippen LogP contribution in [0.1, 0.15) is 39.2 Å². The first-order valence-electron chi connectivity index (χ1n) is 4.79. The van der Waals surface area contributed by atoms with E-state index in [9.17, 15) is 4.39 Å². The van der Waals surface area contributed by atoms with Crippen molar-refractivity contribution in [3.05, 3.63) is 28.2 Å². The summed E-state index contributed by atoms with van der Waals surface area (Å²) in [4.78, 5) is 3.60. The average molecular weight is 260 g/mol. The first kappa shape index (κ1) is 11.6. The molecule has 1 heterocycles. The van der Waals surface area contributed by atoms with Crippen molar-refractivity contribution in [2.24, 2.45) is 0 Å². The van der Waals surface area contributed by atoms with Crippen molar-refractivity contribution in [1.82, 2.24) is 4.98 Å². The fraction of sp³-hybridized carbons (Fsp3) is 0.545. The van der Waals surface area contributed by atoms with Crippen LogP contribution in [0.25, 0.3) is 0 Å². The van der Waals surface area contributed by atoms with Crippen LogP contribution in [-0.2, 0) is 5.41 Å². The largest absolute Gasteiger partial charge is 0.227 e. The molecule has 0 radical (unpaired) electrons. The zero-order valence-corrected chi connectivity index (χ0v) is 10.4. The van der Waals surface area contributed by atoms with E-state index in [1.807, 2.05) is 0 Å². The van der Waals surface area contributed by atoms with Gasteiger partial charge in [0.25, 0.3) is 0 Å². The van der Waals surface area contributed by atoms with Crippen LogP contribution in [0.15, 0.2) is 16.7 Å². The molecule has 0 spiro atoms. The van der Waals surface area contributed by atoms with Gasteiger partial charge in [0.05, 0.1) is 0 Å². The molecule has 0 aliphatic carbocycles. The second kappa shape index (κ2) is 4.39. The van der Waals surface area contributed by atoms with Crippen LogP contribution in [0.3, 0.4) is 0 Å². The minimum Gasteiger partial charge on any atom is -0.227 e. The van der Waals surface area contributed by atoms with Crippen LogP contribution in [0, 0.1) is 5.95 Å². The van der Waals surface area contributed by atoms with Gasteiger partial charge in [0, 0.05) is 10.7 Å². The summed E-state index contributed by atoms with van der Waals surface area (Å²) in [5.41, 5.74) is 0.990. The lowest BCUT2D eigenvalue weighted by molar-refractivity contribution is 0.464. The molecule has 0 aromatic carbocycles. The van der Waals surface area contributed by atoms with Crippen molar-refractivity contribution in [3.63, 3.8) is 0 Å². The third-order valence-corrected chi connectivity index (χ3v) is 3.06. The van der Waals surface area contributed by atoms with Gasteiger partial charge >= 0.3 is 0 Å². The van der Waals surface area contributed by atoms with E-state index < -0.39 is 5.95 Å². The topological polar surface area (TPSA) is 12.9 Å². The first-order chi connectivity index (χ1) is 6.47. The Balaban J connectivity index is 3.10. The average Bonchev–Trinajstić information content (AvgIpc) is 2.09. The third kappa shape index (κ3) is 2.53. The highest BCUT2D eigenvalue weighted by atomic mass is 79.9. The summed E-state index contributed by atoms with van der Waals surface area (Å²) in [7, 11) is 0. The van der Waals surface area contributed by atoms with Crippen LogP contribution in [-0.4, -0.2) is 4.98 Å². The number of hydrogen-bond donors (Lipinski definition) is 0. The van der Waals surface area contributed by atoms with Crippen LogP contribution in [0.2, 0.25) is 0 Å². The zero-order valence-electron chi connectivity index (χ0n) is 8.77. The van der Waals surface area contributed by atoms with Crippen molar-refractivity contribution in [3.8, 4) is 0 Å². The van der Waals surface area contributed by atoms with Gasteiger partial charge in [-0.3, -0.25) is 0 Å². The van der Waals surface area contributed by atoms with E-state index in [0.717, 1.165) is 22.9 Å². The molecule has 0 aliphatic heterocycles. The molecule has 1 rings (SSSR count). The lowest BCUT2D eigenvalue weighted by Crippen LogP contribution is -2.17. The van der Waals surface area contributed by atoms with Crippen LogP contribution >= 0.6 is 15.9 Å². The summed E-state index contributed by atoms with van der Waals surface area (Å²) >= 11 is 3.41. The van der Waals surface area contributed by atoms with Gasteiger partial charge in [-0.05, 0) is 39.4 Å². The Morgan fingerprint density at radius 3 is 2.71 bits per heavy atom. The zero-order chi connectivity index (χ0) is 10.8. The smallest absolute Gasteiger partial charge is 0.213 e. The van der Waals surface area contributed by atoms with E-state index in [-0.39, 0.29) is 5.41 Å². The Morgan fingerprint density at radius 2 is 2.14 bits per heavy atom. The molecule has 1 nitrogen and oxygen atoms in total.